The van der Waals surface area contributed by atoms with Crippen LogP contribution < -0.4 is 31.9 Å². The summed E-state index contributed by atoms with van der Waals surface area (Å²) in [6.45, 7) is -0.261. The van der Waals surface area contributed by atoms with Gasteiger partial charge in [0, 0.05) is 57.7 Å². The molecule has 1 aliphatic rings. The van der Waals surface area contributed by atoms with E-state index >= 15 is 0 Å². The summed E-state index contributed by atoms with van der Waals surface area (Å²) in [4.78, 5) is 119. The fourth-order valence-corrected chi connectivity index (χ4v) is 6.09. The molecule has 383 valence electrons. The molecular formula is C41H67FeN9O17+3. The summed E-state index contributed by atoms with van der Waals surface area (Å²) in [6, 6.07) is -8.34. The Balaban J connectivity index is 0.0000449. The monoisotopic (exact) mass is 1010 g/mol. The quantitative estimate of drug-likeness (QED) is 0.0199. The zero-order chi connectivity index (χ0) is 50.6. The van der Waals surface area contributed by atoms with Gasteiger partial charge >= 0.3 is 17.1 Å². The predicted octanol–water partition coefficient (Wildman–Crippen LogP) is -4.50. The largest absolute Gasteiger partial charge is 3.00 e. The third kappa shape index (κ3) is 24.1. The Morgan fingerprint density at radius 3 is 1.07 bits per heavy atom. The van der Waals surface area contributed by atoms with Gasteiger partial charge in [0.2, 0.25) is 35.4 Å². The molecule has 0 aromatic carbocycles. The van der Waals surface area contributed by atoms with Crippen molar-refractivity contribution in [1.29, 1.82) is 0 Å². The smallest absolute Gasteiger partial charge is 0.396 e. The van der Waals surface area contributed by atoms with Crippen molar-refractivity contribution in [3.8, 4) is 0 Å². The minimum absolute atomic E-state index is 0. The van der Waals surface area contributed by atoms with Gasteiger partial charge in [0.25, 0.3) is 17.7 Å². The van der Waals surface area contributed by atoms with Gasteiger partial charge in [-0.15, -0.1) is 0 Å². The fraction of sp³-hybridized carbons (Fsp3) is 0.634. The number of nitrogens with zero attached hydrogens (tertiary/aromatic N) is 3. The molecule has 1 fully saturated rings. The van der Waals surface area contributed by atoms with E-state index in [-0.39, 0.29) is 101 Å². The molecule has 0 aromatic rings. The van der Waals surface area contributed by atoms with Crippen molar-refractivity contribution in [3.05, 3.63) is 34.9 Å². The molecule has 5 unspecified atom stereocenters. The number of amides is 9. The third-order valence-electron chi connectivity index (χ3n) is 9.95. The molecule has 1 rings (SSSR count). The van der Waals surface area contributed by atoms with Gasteiger partial charge in [0.1, 0.15) is 30.2 Å². The topological polar surface area (TPSA) is 397 Å². The molecule has 26 nitrogen and oxygen atoms in total. The molecule has 5 atom stereocenters. The van der Waals surface area contributed by atoms with Gasteiger partial charge in [0.05, 0.1) is 19.8 Å². The zero-order valence-corrected chi connectivity index (χ0v) is 39.4. The molecule has 9 amide bonds. The van der Waals surface area contributed by atoms with Gasteiger partial charge in [-0.1, -0.05) is 16.7 Å². The van der Waals surface area contributed by atoms with Crippen LogP contribution >= 0.6 is 0 Å². The summed E-state index contributed by atoms with van der Waals surface area (Å²) < 4.78 is 0. The van der Waals surface area contributed by atoms with Gasteiger partial charge in [0.15, 0.2) is 0 Å². The van der Waals surface area contributed by atoms with E-state index in [0.717, 1.165) is 18.2 Å². The van der Waals surface area contributed by atoms with Crippen LogP contribution in [0.15, 0.2) is 34.9 Å². The molecule has 27 heteroatoms. The number of nitrogens with one attached hydrogen (secondary N) is 6. The second-order valence-electron chi connectivity index (χ2n) is 15.7. The van der Waals surface area contributed by atoms with Crippen molar-refractivity contribution in [3.63, 3.8) is 0 Å². The summed E-state index contributed by atoms with van der Waals surface area (Å²) in [5, 5.41) is 93.2. The van der Waals surface area contributed by atoms with Crippen LogP contribution in [0.4, 0.5) is 0 Å². The van der Waals surface area contributed by atoms with Crippen LogP contribution in [0.25, 0.3) is 0 Å². The van der Waals surface area contributed by atoms with Crippen molar-refractivity contribution in [2.75, 3.05) is 59.2 Å². The number of hydroxylamine groups is 6. The normalized spacial score (nSPS) is 20.5. The van der Waals surface area contributed by atoms with E-state index in [1.54, 1.807) is 20.8 Å². The Hall–Kier alpha value is -5.35. The Morgan fingerprint density at radius 1 is 0.485 bits per heavy atom. The predicted molar refractivity (Wildman–Crippen MR) is 231 cm³/mol. The molecule has 1 saturated heterocycles. The average Bonchev–Trinajstić information content (AvgIpc) is 3.27. The van der Waals surface area contributed by atoms with Crippen LogP contribution in [0.1, 0.15) is 78.6 Å². The van der Waals surface area contributed by atoms with Crippen LogP contribution in [0.5, 0.6) is 0 Å². The van der Waals surface area contributed by atoms with Crippen molar-refractivity contribution in [1.82, 2.24) is 47.1 Å². The Labute approximate surface area is 403 Å². The van der Waals surface area contributed by atoms with E-state index < -0.39 is 116 Å². The first-order chi connectivity index (χ1) is 31.7. The van der Waals surface area contributed by atoms with Crippen LogP contribution in [0.2, 0.25) is 0 Å². The summed E-state index contributed by atoms with van der Waals surface area (Å²) >= 11 is 0. The second kappa shape index (κ2) is 34.0. The van der Waals surface area contributed by atoms with E-state index in [4.69, 9.17) is 15.3 Å². The Bertz CT molecular complexity index is 1800. The Morgan fingerprint density at radius 2 is 0.765 bits per heavy atom. The van der Waals surface area contributed by atoms with Crippen molar-refractivity contribution in [2.24, 2.45) is 0 Å². The molecule has 68 heavy (non-hydrogen) atoms. The van der Waals surface area contributed by atoms with Gasteiger partial charge in [-0.05, 0) is 78.6 Å². The molecule has 1 radical (unpaired) electrons. The molecular weight excluding hydrogens is 946 g/mol. The maximum Gasteiger partial charge on any atom is 3.00 e. The number of hydrogen-bond acceptors (Lipinski definition) is 17. The number of aliphatic hydroxyl groups excluding tert-OH is 5. The molecule has 1 heterocycles. The van der Waals surface area contributed by atoms with Gasteiger partial charge in [-0.25, -0.2) is 15.2 Å². The third-order valence-corrected chi connectivity index (χ3v) is 9.95. The first-order valence-electron chi connectivity index (χ1n) is 21.6. The van der Waals surface area contributed by atoms with Crippen LogP contribution in [-0.2, 0) is 60.2 Å². The fourth-order valence-electron chi connectivity index (χ4n) is 6.09. The maximum absolute atomic E-state index is 14.1. The van der Waals surface area contributed by atoms with Crippen molar-refractivity contribution >= 4 is 53.2 Å². The van der Waals surface area contributed by atoms with E-state index in [1.165, 1.54) is 0 Å². The zero-order valence-electron chi connectivity index (χ0n) is 38.3. The summed E-state index contributed by atoms with van der Waals surface area (Å²) in [7, 11) is 0. The molecule has 0 aliphatic carbocycles. The molecule has 0 bridgehead atoms. The summed E-state index contributed by atoms with van der Waals surface area (Å²) in [6.07, 6.45) is 2.08. The second-order valence-corrected chi connectivity index (χ2v) is 15.7. The maximum atomic E-state index is 14.1. The van der Waals surface area contributed by atoms with Gasteiger partial charge in [-0.3, -0.25) is 58.8 Å². The number of carbonyl (C=O) groups excluding carboxylic acids is 9. The Kier molecular flexibility index (Phi) is 31.3. The van der Waals surface area contributed by atoms with Crippen molar-refractivity contribution in [2.45, 2.75) is 109 Å². The van der Waals surface area contributed by atoms with E-state index in [1.807, 2.05) is 0 Å². The van der Waals surface area contributed by atoms with Crippen LogP contribution in [0, 0.1) is 0 Å². The number of rotatable bonds is 23. The van der Waals surface area contributed by atoms with Crippen LogP contribution in [-0.4, -0.2) is 199 Å². The van der Waals surface area contributed by atoms with Crippen molar-refractivity contribution < 1.29 is 101 Å². The van der Waals surface area contributed by atoms with Gasteiger partial charge < -0.3 is 57.4 Å². The number of hydrogen-bond donors (Lipinski definition) is 14. The number of carbonyl (C=O) groups is 9. The van der Waals surface area contributed by atoms with Crippen LogP contribution in [0.3, 0.4) is 0 Å². The molecule has 0 spiro atoms. The standard InChI is InChI=1S/C41H67N9O17.Fe/c1-25(10-16-51)19-34(57)48(65)13-4-7-28-37(60)42-22-33(56)43-31(23-54)40(63)47-32(24-55)41(64)46-30(9-6-15-50(67)36(59)21-27(3)12-18-53)39(62)45-29(38(61)44-28)8-5-14-49(66)35(58)20-26(2)11-17-52;/h19-21,28-32,51-55,65-67H,4-18,22-24H2,1-3H3,(H,42,60)(H,43,56)(H,44,61)(H,45,62)(H,46,64)(H,47,63);/q;+3/b25-19-,26-20+,27-21+;. The van der Waals surface area contributed by atoms with E-state index in [2.05, 4.69) is 31.9 Å². The number of aliphatic hydroxyl groups is 5. The van der Waals surface area contributed by atoms with E-state index in [9.17, 15) is 69.0 Å². The first-order valence-corrected chi connectivity index (χ1v) is 21.6. The first kappa shape index (κ1) is 62.6. The summed E-state index contributed by atoms with van der Waals surface area (Å²) in [5.41, 5.74) is 1.34. The molecule has 14 N–H and O–H groups in total. The molecule has 0 saturated carbocycles. The molecule has 0 aromatic heterocycles. The summed E-state index contributed by atoms with van der Waals surface area (Å²) in [5.74, 6) is -9.06. The molecule has 1 aliphatic heterocycles. The van der Waals surface area contributed by atoms with Gasteiger partial charge in [-0.2, -0.15) is 0 Å². The average molecular weight is 1010 g/mol. The minimum Gasteiger partial charge on any atom is -0.396 e. The SMILES string of the molecule is C/C(=C/C(=O)N(O)CCCC1NC(=O)C(CCCN(O)C(=O)/C=C(\C)CCO)NC(=O)C(CCCN(O)C(=O)/C=C(\C)CCO)NC(=O)C(CO)NC(=O)C(CO)NC(=O)CNC1=O)CCO.[Fe+3]. The minimum atomic E-state index is -1.79. The van der Waals surface area contributed by atoms with E-state index in [0.29, 0.717) is 31.9 Å².